The van der Waals surface area contributed by atoms with Gasteiger partial charge in [-0.25, -0.2) is 9.59 Å². The molecule has 0 saturated carbocycles. The first-order valence-corrected chi connectivity index (χ1v) is 24.7. The molecule has 3 heterocycles. The molecule has 1 aromatic carbocycles. The maximum Gasteiger partial charge on any atom is 0.409 e. The second-order valence-corrected chi connectivity index (χ2v) is 22.3. The number of anilines is 1. The lowest BCUT2D eigenvalue weighted by Crippen LogP contribution is -2.63. The van der Waals surface area contributed by atoms with E-state index >= 15 is 0 Å². The predicted molar refractivity (Wildman–Crippen MR) is 242 cm³/mol. The summed E-state index contributed by atoms with van der Waals surface area (Å²) in [5, 5.41) is 21.7. The van der Waals surface area contributed by atoms with E-state index in [2.05, 4.69) is 5.32 Å². The number of aliphatic hydroxyl groups is 1. The lowest BCUT2D eigenvalue weighted by Gasteiger charge is -2.42. The molecule has 1 aromatic rings. The summed E-state index contributed by atoms with van der Waals surface area (Å²) in [5.41, 5.74) is -1.19. The molecule has 0 aromatic heterocycles. The Morgan fingerprint density at radius 2 is 1.88 bits per heavy atom. The minimum atomic E-state index is -4.77. The summed E-state index contributed by atoms with van der Waals surface area (Å²) in [6.45, 7) is 10.5. The van der Waals surface area contributed by atoms with Crippen LogP contribution in [0.1, 0.15) is 79.2 Å². The summed E-state index contributed by atoms with van der Waals surface area (Å²) < 4.78 is 60.8. The lowest BCUT2D eigenvalue weighted by molar-refractivity contribution is -0.162. The smallest absolute Gasteiger partial charge is 0.409 e. The number of nitrogens with one attached hydrogen (secondary N) is 1. The Morgan fingerprint density at radius 3 is 2.48 bits per heavy atom. The molecule has 3 aliphatic heterocycles. The average molecular weight is 979 g/mol. The standard InChI is InChI=1S/C42H60ClN3O15S3/c1-23-12-11-13-31(58-10)42(53)22-29(59-39(52)44-42)24(2)36-41(6,61-36)32(21-34(48)46(8)27-19-26(18-23)20-28(57-9)35(27)43)60-38(51)25(3)45(7)33(47)14-16-40(4,5)63-62-17-15-30(37(49)50)64(54,55)56/h11-13,19-20,24-25,29-32,36,53H,14-18,21-22H2,1-10H3,(H,44,52)(H,49,50)(H,54,55,56)/b13-11+,23-12+/t24-,25-,29?,30?,31-,32+,36+,41+,42?/m1/s1. The monoisotopic (exact) mass is 977 g/mol. The van der Waals surface area contributed by atoms with Crippen LogP contribution in [0.3, 0.4) is 0 Å². The number of hydrogen-bond donors (Lipinski definition) is 4. The first-order chi connectivity index (χ1) is 29.7. The number of carbonyl (C=O) groups excluding carboxylic acids is 4. The molecule has 0 spiro atoms. The van der Waals surface area contributed by atoms with E-state index in [-0.39, 0.29) is 36.5 Å². The first-order valence-electron chi connectivity index (χ1n) is 20.5. The van der Waals surface area contributed by atoms with Crippen LogP contribution in [0.4, 0.5) is 10.5 Å². The van der Waals surface area contributed by atoms with Crippen molar-refractivity contribution in [1.82, 2.24) is 10.2 Å². The number of hydrogen-bond acceptors (Lipinski definition) is 15. The first kappa shape index (κ1) is 53.0. The molecule has 22 heteroatoms. The third kappa shape index (κ3) is 13.1. The SMILES string of the molecule is COc1cc2cc(c1Cl)N(C)C(=O)C[C@H](OC(=O)[C@@H](C)N(C)C(=O)CCC(C)(C)SSCCC(C(=O)O)S(=O)(=O)O)[C@]1(C)O[C@H]1[C@H](C)C1CC(O)(NC(=O)O1)[C@H](OC)/C=C/C=C(\C)C2. The van der Waals surface area contributed by atoms with Crippen LogP contribution in [0.2, 0.25) is 5.02 Å². The quantitative estimate of drug-likeness (QED) is 0.0581. The van der Waals surface area contributed by atoms with E-state index in [4.69, 9.17) is 40.4 Å². The maximum absolute atomic E-state index is 14.3. The number of amides is 3. The van der Waals surface area contributed by atoms with Crippen LogP contribution < -0.4 is 15.0 Å². The van der Waals surface area contributed by atoms with Gasteiger partial charge in [-0.3, -0.25) is 24.3 Å². The van der Waals surface area contributed by atoms with Gasteiger partial charge in [-0.15, -0.1) is 0 Å². The number of esters is 1. The molecule has 0 aliphatic carbocycles. The topological polar surface area (TPSA) is 248 Å². The molecule has 18 nitrogen and oxygen atoms in total. The van der Waals surface area contributed by atoms with Gasteiger partial charge in [0.15, 0.2) is 11.0 Å². The highest BCUT2D eigenvalue weighted by atomic mass is 35.5. The zero-order chi connectivity index (χ0) is 48.1. The largest absolute Gasteiger partial charge is 0.495 e. The molecule has 3 amide bonds. The molecule has 358 valence electrons. The molecule has 4 rings (SSSR count). The molecular formula is C42H60ClN3O15S3. The number of nitrogens with zero attached hydrogens (tertiary/aromatic N) is 2. The van der Waals surface area contributed by atoms with Crippen LogP contribution in [0.5, 0.6) is 5.75 Å². The number of benzene rings is 1. The highest BCUT2D eigenvalue weighted by Crippen LogP contribution is 2.49. The normalized spacial score (nSPS) is 28.9. The summed E-state index contributed by atoms with van der Waals surface area (Å²) in [7, 11) is 3.61. The summed E-state index contributed by atoms with van der Waals surface area (Å²) in [5.74, 6) is -3.53. The molecule has 2 fully saturated rings. The lowest BCUT2D eigenvalue weighted by atomic mass is 9.83. The molecule has 9 atom stereocenters. The van der Waals surface area contributed by atoms with Gasteiger partial charge in [0.05, 0.1) is 25.3 Å². The molecule has 3 aliphatic rings. The number of alkyl carbamates (subject to hydrolysis) is 1. The molecular weight excluding hydrogens is 918 g/mol. The number of rotatable bonds is 15. The number of likely N-dealkylation sites (N-methyl/N-ethyl adjacent to an activating group) is 1. The van der Waals surface area contributed by atoms with E-state index in [0.29, 0.717) is 24.3 Å². The molecule has 4 bridgehead atoms. The fourth-order valence-electron chi connectivity index (χ4n) is 7.60. The fourth-order valence-corrected chi connectivity index (χ4v) is 11.4. The van der Waals surface area contributed by atoms with Crippen molar-refractivity contribution in [2.24, 2.45) is 5.92 Å². The van der Waals surface area contributed by atoms with Crippen LogP contribution in [-0.4, -0.2) is 144 Å². The maximum atomic E-state index is 14.3. The Bertz CT molecular complexity index is 2100. The highest BCUT2D eigenvalue weighted by molar-refractivity contribution is 8.77. The van der Waals surface area contributed by atoms with Crippen LogP contribution in [0, 0.1) is 5.92 Å². The van der Waals surface area contributed by atoms with E-state index < -0.39 is 97.7 Å². The molecule has 64 heavy (non-hydrogen) atoms. The van der Waals surface area contributed by atoms with Gasteiger partial charge < -0.3 is 43.7 Å². The highest BCUT2D eigenvalue weighted by Gasteiger charge is 2.64. The molecule has 2 saturated heterocycles. The van der Waals surface area contributed by atoms with E-state index in [9.17, 15) is 42.0 Å². The average Bonchev–Trinajstić information content (AvgIpc) is 3.91. The molecule has 3 unspecified atom stereocenters. The number of halogens is 1. The number of aliphatic carboxylic acids is 1. The Hall–Kier alpha value is -3.57. The Balaban J connectivity index is 1.58. The number of fused-ring (bicyclic) bond motifs is 5. The van der Waals surface area contributed by atoms with Gasteiger partial charge in [0.1, 0.15) is 40.7 Å². The van der Waals surface area contributed by atoms with Crippen molar-refractivity contribution in [1.29, 1.82) is 0 Å². The van der Waals surface area contributed by atoms with Crippen LogP contribution in [-0.2, 0) is 54.7 Å². The van der Waals surface area contributed by atoms with E-state index in [1.807, 2.05) is 26.8 Å². The minimum Gasteiger partial charge on any atom is -0.495 e. The number of epoxide rings is 1. The van der Waals surface area contributed by atoms with E-state index in [0.717, 1.165) is 11.1 Å². The number of allylic oxidation sites excluding steroid dienone is 3. The van der Waals surface area contributed by atoms with Crippen LogP contribution >= 0.6 is 33.2 Å². The Labute approximate surface area is 387 Å². The Morgan fingerprint density at radius 1 is 1.20 bits per heavy atom. The number of carbonyl (C=O) groups is 5. The zero-order valence-electron chi connectivity index (χ0n) is 37.6. The van der Waals surface area contributed by atoms with Crippen LogP contribution in [0.15, 0.2) is 35.9 Å². The van der Waals surface area contributed by atoms with Gasteiger partial charge >= 0.3 is 18.0 Å². The van der Waals surface area contributed by atoms with Gasteiger partial charge in [-0.05, 0) is 71.6 Å². The van der Waals surface area contributed by atoms with Crippen LogP contribution in [0.25, 0.3) is 0 Å². The molecule has 4 N–H and O–H groups in total. The zero-order valence-corrected chi connectivity index (χ0v) is 40.8. The minimum absolute atomic E-state index is 0.00418. The van der Waals surface area contributed by atoms with Crippen molar-refractivity contribution in [3.05, 3.63) is 46.5 Å². The van der Waals surface area contributed by atoms with Crippen molar-refractivity contribution < 1.29 is 70.8 Å². The third-order valence-corrected chi connectivity index (χ3v) is 16.8. The Kier molecular flexibility index (Phi) is 17.7. The van der Waals surface area contributed by atoms with Crippen molar-refractivity contribution >= 4 is 78.8 Å². The number of methoxy groups -OCH3 is 2. The van der Waals surface area contributed by atoms with Crippen molar-refractivity contribution in [3.63, 3.8) is 0 Å². The molecule has 0 radical (unpaired) electrons. The van der Waals surface area contributed by atoms with Gasteiger partial charge in [-0.1, -0.05) is 63.9 Å². The van der Waals surface area contributed by atoms with Crippen molar-refractivity contribution in [3.8, 4) is 5.75 Å². The summed E-state index contributed by atoms with van der Waals surface area (Å²) in [6, 6.07) is 2.39. The van der Waals surface area contributed by atoms with E-state index in [1.54, 1.807) is 38.1 Å². The van der Waals surface area contributed by atoms with Crippen molar-refractivity contribution in [2.75, 3.05) is 39.0 Å². The summed E-state index contributed by atoms with van der Waals surface area (Å²) in [6.07, 6.45) is 0.374. The second-order valence-electron chi connectivity index (χ2n) is 17.2. The number of carboxylic acid groups (broad SMARTS) is 1. The number of carboxylic acids is 1. The van der Waals surface area contributed by atoms with E-state index in [1.165, 1.54) is 66.6 Å². The van der Waals surface area contributed by atoms with Gasteiger partial charge in [0.25, 0.3) is 10.1 Å². The van der Waals surface area contributed by atoms with Crippen molar-refractivity contribution in [2.45, 2.75) is 132 Å². The predicted octanol–water partition coefficient (Wildman–Crippen LogP) is 5.19. The van der Waals surface area contributed by atoms with Gasteiger partial charge in [0.2, 0.25) is 11.8 Å². The summed E-state index contributed by atoms with van der Waals surface area (Å²) >= 11 is 6.78. The third-order valence-electron chi connectivity index (χ3n) is 11.8. The fraction of sp³-hybridized carbons (Fsp3) is 0.643. The van der Waals surface area contributed by atoms with Gasteiger partial charge in [-0.2, -0.15) is 8.42 Å². The second kappa shape index (κ2) is 21.4. The van der Waals surface area contributed by atoms with Gasteiger partial charge in [0, 0.05) is 50.5 Å². The number of ether oxygens (including phenoxy) is 5. The summed E-state index contributed by atoms with van der Waals surface area (Å²) in [4.78, 5) is 68.5.